The second kappa shape index (κ2) is 6.79. The predicted octanol–water partition coefficient (Wildman–Crippen LogP) is 3.05. The van der Waals surface area contributed by atoms with E-state index in [1.807, 2.05) is 27.7 Å². The van der Waals surface area contributed by atoms with Crippen LogP contribution >= 0.6 is 11.6 Å². The maximum Gasteiger partial charge on any atom is 0.305 e. The van der Waals surface area contributed by atoms with Crippen molar-refractivity contribution < 1.29 is 14.7 Å². The highest BCUT2D eigenvalue weighted by Crippen LogP contribution is 2.21. The monoisotopic (exact) mass is 300 g/mol. The highest BCUT2D eigenvalue weighted by Gasteiger charge is 2.23. The summed E-state index contributed by atoms with van der Waals surface area (Å²) in [6, 6.07) is 1.66. The van der Waals surface area contributed by atoms with Crippen LogP contribution in [0.5, 0.6) is 0 Å². The van der Waals surface area contributed by atoms with Gasteiger partial charge in [-0.25, -0.2) is 0 Å². The number of rotatable bonds is 6. The van der Waals surface area contributed by atoms with Gasteiger partial charge in [-0.3, -0.25) is 9.59 Å². The Morgan fingerprint density at radius 2 is 1.95 bits per heavy atom. The van der Waals surface area contributed by atoms with Gasteiger partial charge < -0.3 is 14.6 Å². The molecular formula is C14H21ClN2O3. The predicted molar refractivity (Wildman–Crippen MR) is 78.3 cm³/mol. The minimum atomic E-state index is -0.916. The van der Waals surface area contributed by atoms with E-state index in [0.29, 0.717) is 10.7 Å². The number of carbonyl (C=O) groups is 2. The lowest BCUT2D eigenvalue weighted by Crippen LogP contribution is -2.39. The topological polar surface area (TPSA) is 62.5 Å². The van der Waals surface area contributed by atoms with Crippen molar-refractivity contribution in [1.82, 2.24) is 9.47 Å². The van der Waals surface area contributed by atoms with Gasteiger partial charge in [0.15, 0.2) is 0 Å². The number of aliphatic carboxylic acids is 1. The summed E-state index contributed by atoms with van der Waals surface area (Å²) in [4.78, 5) is 24.8. The molecular weight excluding hydrogens is 280 g/mol. The zero-order valence-corrected chi connectivity index (χ0v) is 13.0. The van der Waals surface area contributed by atoms with E-state index >= 15 is 0 Å². The third kappa shape index (κ3) is 4.00. The third-order valence-electron chi connectivity index (χ3n) is 3.04. The van der Waals surface area contributed by atoms with E-state index < -0.39 is 5.97 Å². The molecule has 0 atom stereocenters. The number of amides is 1. The van der Waals surface area contributed by atoms with Crippen LogP contribution in [0.4, 0.5) is 0 Å². The molecule has 0 aliphatic heterocycles. The lowest BCUT2D eigenvalue weighted by molar-refractivity contribution is -0.137. The molecule has 1 heterocycles. The average Bonchev–Trinajstić information content (AvgIpc) is 2.70. The molecule has 1 N–H and O–H groups in total. The van der Waals surface area contributed by atoms with Gasteiger partial charge in [-0.05, 0) is 33.8 Å². The van der Waals surface area contributed by atoms with E-state index in [0.717, 1.165) is 0 Å². The van der Waals surface area contributed by atoms with Crippen molar-refractivity contribution in [3.05, 3.63) is 23.0 Å². The molecule has 0 saturated carbocycles. The van der Waals surface area contributed by atoms with E-state index in [9.17, 15) is 9.59 Å². The number of halogens is 1. The number of carbonyl (C=O) groups excluding carboxylic acids is 1. The highest BCUT2D eigenvalue weighted by molar-refractivity contribution is 6.31. The molecule has 0 aromatic carbocycles. The smallest absolute Gasteiger partial charge is 0.305 e. The first kappa shape index (κ1) is 16.6. The molecule has 1 rings (SSSR count). The minimum absolute atomic E-state index is 0.0694. The Hall–Kier alpha value is -1.49. The molecule has 0 radical (unpaired) electrons. The summed E-state index contributed by atoms with van der Waals surface area (Å²) >= 11 is 5.98. The van der Waals surface area contributed by atoms with Crippen LogP contribution in [-0.2, 0) is 4.79 Å². The standard InChI is InChI=1S/C14H21ClN2O3/c1-9(2)16(6-5-13(18)19)14(20)12-7-11(15)8-17(12)10(3)4/h7-10H,5-6H2,1-4H3,(H,18,19). The Morgan fingerprint density at radius 1 is 1.35 bits per heavy atom. The second-order valence-electron chi connectivity index (χ2n) is 5.28. The van der Waals surface area contributed by atoms with Crippen LogP contribution in [0.1, 0.15) is 50.6 Å². The number of hydrogen-bond donors (Lipinski definition) is 1. The van der Waals surface area contributed by atoms with Crippen molar-refractivity contribution in [3.8, 4) is 0 Å². The Bertz CT molecular complexity index is 495. The second-order valence-corrected chi connectivity index (χ2v) is 5.72. The fraction of sp³-hybridized carbons (Fsp3) is 0.571. The summed E-state index contributed by atoms with van der Waals surface area (Å²) in [5.41, 5.74) is 0.490. The Balaban J connectivity index is 3.03. The number of aromatic nitrogens is 1. The van der Waals surface area contributed by atoms with Crippen molar-refractivity contribution in [2.45, 2.75) is 46.2 Å². The molecule has 0 saturated heterocycles. The zero-order valence-electron chi connectivity index (χ0n) is 12.3. The highest BCUT2D eigenvalue weighted by atomic mass is 35.5. The maximum atomic E-state index is 12.6. The van der Waals surface area contributed by atoms with E-state index in [-0.39, 0.29) is 31.0 Å². The third-order valence-corrected chi connectivity index (χ3v) is 3.25. The van der Waals surface area contributed by atoms with Crippen molar-refractivity contribution in [3.63, 3.8) is 0 Å². The van der Waals surface area contributed by atoms with Crippen molar-refractivity contribution >= 4 is 23.5 Å². The molecule has 6 heteroatoms. The summed E-state index contributed by atoms with van der Waals surface area (Å²) in [5, 5.41) is 9.28. The Labute approximate surface area is 124 Å². The van der Waals surface area contributed by atoms with Gasteiger partial charge in [0.2, 0.25) is 0 Å². The van der Waals surface area contributed by atoms with Gasteiger partial charge in [0.1, 0.15) is 5.69 Å². The van der Waals surface area contributed by atoms with E-state index in [1.54, 1.807) is 21.7 Å². The summed E-state index contributed by atoms with van der Waals surface area (Å²) in [6.07, 6.45) is 1.65. The molecule has 0 aliphatic rings. The van der Waals surface area contributed by atoms with E-state index in [4.69, 9.17) is 16.7 Å². The van der Waals surface area contributed by atoms with Gasteiger partial charge >= 0.3 is 5.97 Å². The Morgan fingerprint density at radius 3 is 2.40 bits per heavy atom. The lowest BCUT2D eigenvalue weighted by atomic mass is 10.2. The molecule has 0 spiro atoms. The van der Waals surface area contributed by atoms with E-state index in [2.05, 4.69) is 0 Å². The fourth-order valence-corrected chi connectivity index (χ4v) is 2.21. The molecule has 5 nitrogen and oxygen atoms in total. The molecule has 0 bridgehead atoms. The van der Waals surface area contributed by atoms with Gasteiger partial charge in [-0.2, -0.15) is 0 Å². The van der Waals surface area contributed by atoms with Crippen molar-refractivity contribution in [1.29, 1.82) is 0 Å². The number of carboxylic acid groups (broad SMARTS) is 1. The van der Waals surface area contributed by atoms with Gasteiger partial charge in [-0.1, -0.05) is 11.6 Å². The van der Waals surface area contributed by atoms with Crippen LogP contribution in [0.15, 0.2) is 12.3 Å². The van der Waals surface area contributed by atoms with E-state index in [1.165, 1.54) is 0 Å². The zero-order chi connectivity index (χ0) is 15.4. The molecule has 20 heavy (non-hydrogen) atoms. The number of nitrogens with zero attached hydrogens (tertiary/aromatic N) is 2. The normalized spacial score (nSPS) is 11.2. The number of carboxylic acids is 1. The van der Waals surface area contributed by atoms with Gasteiger partial charge in [0.25, 0.3) is 5.91 Å². The summed E-state index contributed by atoms with van der Waals surface area (Å²) in [5.74, 6) is -1.11. The van der Waals surface area contributed by atoms with Crippen LogP contribution < -0.4 is 0 Å². The molecule has 1 amide bonds. The molecule has 1 aromatic heterocycles. The lowest BCUT2D eigenvalue weighted by Gasteiger charge is -2.27. The van der Waals surface area contributed by atoms with Crippen LogP contribution in [0.3, 0.4) is 0 Å². The molecule has 1 aromatic rings. The van der Waals surface area contributed by atoms with Crippen LogP contribution in [0.2, 0.25) is 5.02 Å². The first-order valence-electron chi connectivity index (χ1n) is 6.64. The van der Waals surface area contributed by atoms with Crippen LogP contribution in [-0.4, -0.2) is 39.0 Å². The quantitative estimate of drug-likeness (QED) is 0.878. The van der Waals surface area contributed by atoms with Gasteiger partial charge in [0.05, 0.1) is 11.4 Å². The summed E-state index contributed by atoms with van der Waals surface area (Å²) in [7, 11) is 0. The Kier molecular flexibility index (Phi) is 5.62. The van der Waals surface area contributed by atoms with Crippen LogP contribution in [0, 0.1) is 0 Å². The van der Waals surface area contributed by atoms with Crippen LogP contribution in [0.25, 0.3) is 0 Å². The largest absolute Gasteiger partial charge is 0.481 e. The first-order chi connectivity index (χ1) is 9.23. The van der Waals surface area contributed by atoms with Gasteiger partial charge in [-0.15, -0.1) is 0 Å². The average molecular weight is 301 g/mol. The minimum Gasteiger partial charge on any atom is -0.481 e. The maximum absolute atomic E-state index is 12.6. The van der Waals surface area contributed by atoms with Gasteiger partial charge in [0, 0.05) is 24.8 Å². The summed E-state index contributed by atoms with van der Waals surface area (Å²) in [6.45, 7) is 7.84. The molecule has 0 fully saturated rings. The first-order valence-corrected chi connectivity index (χ1v) is 7.02. The van der Waals surface area contributed by atoms with Crippen molar-refractivity contribution in [2.24, 2.45) is 0 Å². The van der Waals surface area contributed by atoms with Crippen molar-refractivity contribution in [2.75, 3.05) is 6.54 Å². The molecule has 112 valence electrons. The number of hydrogen-bond acceptors (Lipinski definition) is 2. The molecule has 0 unspecified atom stereocenters. The fourth-order valence-electron chi connectivity index (χ4n) is 2.00. The summed E-state index contributed by atoms with van der Waals surface area (Å²) < 4.78 is 1.81. The SMILES string of the molecule is CC(C)N(CCC(=O)O)C(=O)c1cc(Cl)cn1C(C)C. The molecule has 0 aliphatic carbocycles.